The van der Waals surface area contributed by atoms with E-state index in [0.717, 1.165) is 32.8 Å². The predicted molar refractivity (Wildman–Crippen MR) is 104 cm³/mol. The topological polar surface area (TPSA) is 67.8 Å². The van der Waals surface area contributed by atoms with Gasteiger partial charge in [-0.2, -0.15) is 4.98 Å². The van der Waals surface area contributed by atoms with Crippen molar-refractivity contribution in [1.29, 1.82) is 0 Å². The minimum absolute atomic E-state index is 0.303. The molecule has 3 heterocycles. The molecule has 0 saturated heterocycles. The molecular formula is C22H12FN3O2. The molecule has 1 N–H and O–H groups in total. The zero-order valence-electron chi connectivity index (χ0n) is 14.4. The lowest BCUT2D eigenvalue weighted by atomic mass is 10.1. The van der Waals surface area contributed by atoms with Gasteiger partial charge < -0.3 is 13.9 Å². The van der Waals surface area contributed by atoms with Crippen LogP contribution in [0.15, 0.2) is 75.8 Å². The molecule has 5 nitrogen and oxygen atoms in total. The molecule has 134 valence electrons. The third-order valence-electron chi connectivity index (χ3n) is 4.92. The number of aromatic nitrogens is 3. The fourth-order valence-electron chi connectivity index (χ4n) is 3.53. The lowest BCUT2D eigenvalue weighted by molar-refractivity contribution is 0.432. The van der Waals surface area contributed by atoms with Crippen LogP contribution in [0.3, 0.4) is 0 Å². The summed E-state index contributed by atoms with van der Waals surface area (Å²) in [5, 5.41) is 6.73. The maximum absolute atomic E-state index is 13.7. The highest BCUT2D eigenvalue weighted by atomic mass is 19.1. The third-order valence-corrected chi connectivity index (χ3v) is 4.92. The first-order chi connectivity index (χ1) is 13.7. The fraction of sp³-hybridized carbons (Fsp3) is 0. The van der Waals surface area contributed by atoms with Gasteiger partial charge in [-0.15, -0.1) is 0 Å². The van der Waals surface area contributed by atoms with E-state index < -0.39 is 0 Å². The zero-order valence-corrected chi connectivity index (χ0v) is 14.4. The van der Waals surface area contributed by atoms with Crippen LogP contribution in [0.1, 0.15) is 0 Å². The number of nitrogens with one attached hydrogen (secondary N) is 1. The lowest BCUT2D eigenvalue weighted by Gasteiger charge is -1.96. The Kier molecular flexibility index (Phi) is 3.00. The average molecular weight is 369 g/mol. The van der Waals surface area contributed by atoms with Crippen LogP contribution >= 0.6 is 0 Å². The summed E-state index contributed by atoms with van der Waals surface area (Å²) >= 11 is 0. The molecule has 0 saturated carbocycles. The molecule has 6 rings (SSSR count). The minimum Gasteiger partial charge on any atom is -0.456 e. The van der Waals surface area contributed by atoms with Gasteiger partial charge in [0, 0.05) is 39.0 Å². The molecule has 3 aromatic heterocycles. The van der Waals surface area contributed by atoms with Gasteiger partial charge in [0.15, 0.2) is 0 Å². The number of benzene rings is 3. The third kappa shape index (κ3) is 2.24. The van der Waals surface area contributed by atoms with Crippen molar-refractivity contribution in [1.82, 2.24) is 15.1 Å². The Morgan fingerprint density at radius 2 is 1.64 bits per heavy atom. The van der Waals surface area contributed by atoms with Crippen molar-refractivity contribution in [2.24, 2.45) is 0 Å². The minimum atomic E-state index is -0.303. The van der Waals surface area contributed by atoms with Crippen LogP contribution in [-0.4, -0.2) is 15.1 Å². The summed E-state index contributed by atoms with van der Waals surface area (Å²) in [5.41, 5.74) is 4.00. The van der Waals surface area contributed by atoms with Crippen molar-refractivity contribution < 1.29 is 13.3 Å². The first-order valence-electron chi connectivity index (χ1n) is 8.78. The summed E-state index contributed by atoms with van der Waals surface area (Å²) in [4.78, 5) is 7.70. The molecule has 0 spiro atoms. The molecule has 0 aliphatic rings. The highest BCUT2D eigenvalue weighted by Crippen LogP contribution is 2.33. The monoisotopic (exact) mass is 369 g/mol. The van der Waals surface area contributed by atoms with E-state index in [4.69, 9.17) is 8.94 Å². The van der Waals surface area contributed by atoms with E-state index in [1.165, 1.54) is 12.1 Å². The Labute approximate surface area is 157 Å². The molecule has 0 unspecified atom stereocenters. The second-order valence-electron chi connectivity index (χ2n) is 6.66. The van der Waals surface area contributed by atoms with Crippen LogP contribution in [0.2, 0.25) is 0 Å². The average Bonchev–Trinajstić information content (AvgIpc) is 3.44. The van der Waals surface area contributed by atoms with Gasteiger partial charge in [-0.25, -0.2) is 4.39 Å². The summed E-state index contributed by atoms with van der Waals surface area (Å²) < 4.78 is 24.9. The van der Waals surface area contributed by atoms with E-state index in [1.54, 1.807) is 6.07 Å². The standard InChI is InChI=1S/C22H12FN3O2/c23-15-3-6-20-17(11-15)16-10-13(2-5-19(16)27-20)21-25-22(28-26-21)14-1-4-18-12(9-14)7-8-24-18/h1-11,24H. The zero-order chi connectivity index (χ0) is 18.7. The molecule has 0 bridgehead atoms. The Bertz CT molecular complexity index is 1490. The Hall–Kier alpha value is -3.93. The number of nitrogens with zero attached hydrogens (tertiary/aromatic N) is 2. The number of fused-ring (bicyclic) bond motifs is 4. The number of hydrogen-bond donors (Lipinski definition) is 1. The molecule has 3 aromatic carbocycles. The second-order valence-corrected chi connectivity index (χ2v) is 6.66. The van der Waals surface area contributed by atoms with Crippen molar-refractivity contribution in [3.05, 3.63) is 72.7 Å². The fourth-order valence-corrected chi connectivity index (χ4v) is 3.53. The second kappa shape index (κ2) is 5.53. The van der Waals surface area contributed by atoms with Crippen LogP contribution in [0.4, 0.5) is 4.39 Å². The van der Waals surface area contributed by atoms with Crippen molar-refractivity contribution in [3.8, 4) is 22.8 Å². The van der Waals surface area contributed by atoms with Gasteiger partial charge in [-0.05, 0) is 60.7 Å². The number of furan rings is 1. The smallest absolute Gasteiger partial charge is 0.258 e. The predicted octanol–water partition coefficient (Wildman–Crippen LogP) is 5.92. The van der Waals surface area contributed by atoms with Crippen LogP contribution in [0.25, 0.3) is 55.7 Å². The van der Waals surface area contributed by atoms with Gasteiger partial charge in [0.1, 0.15) is 17.0 Å². The number of aromatic amines is 1. The van der Waals surface area contributed by atoms with Crippen LogP contribution in [-0.2, 0) is 0 Å². The maximum atomic E-state index is 13.7. The van der Waals surface area contributed by atoms with Crippen molar-refractivity contribution in [2.75, 3.05) is 0 Å². The molecule has 6 heteroatoms. The van der Waals surface area contributed by atoms with E-state index in [2.05, 4.69) is 15.1 Å². The van der Waals surface area contributed by atoms with Gasteiger partial charge in [-0.1, -0.05) is 5.16 Å². The van der Waals surface area contributed by atoms with Gasteiger partial charge >= 0.3 is 0 Å². The van der Waals surface area contributed by atoms with Gasteiger partial charge in [0.05, 0.1) is 0 Å². The molecule has 0 aliphatic carbocycles. The van der Waals surface area contributed by atoms with Crippen molar-refractivity contribution >= 4 is 32.8 Å². The summed E-state index contributed by atoms with van der Waals surface area (Å²) in [6.07, 6.45) is 1.89. The number of halogens is 1. The Morgan fingerprint density at radius 3 is 2.57 bits per heavy atom. The Balaban J connectivity index is 1.46. The van der Waals surface area contributed by atoms with Crippen molar-refractivity contribution in [2.45, 2.75) is 0 Å². The number of H-pyrrole nitrogens is 1. The van der Waals surface area contributed by atoms with Gasteiger partial charge in [0.2, 0.25) is 5.82 Å². The largest absolute Gasteiger partial charge is 0.456 e. The molecule has 0 atom stereocenters. The number of rotatable bonds is 2. The quantitative estimate of drug-likeness (QED) is 0.411. The molecule has 0 fully saturated rings. The summed E-state index contributed by atoms with van der Waals surface area (Å²) in [7, 11) is 0. The summed E-state index contributed by atoms with van der Waals surface area (Å²) in [5.74, 6) is 0.612. The van der Waals surface area contributed by atoms with Gasteiger partial charge in [0.25, 0.3) is 5.89 Å². The van der Waals surface area contributed by atoms with E-state index >= 15 is 0 Å². The van der Waals surface area contributed by atoms with Gasteiger partial charge in [-0.3, -0.25) is 0 Å². The molecule has 0 radical (unpaired) electrons. The van der Waals surface area contributed by atoms with E-state index in [1.807, 2.05) is 48.7 Å². The van der Waals surface area contributed by atoms with Crippen LogP contribution in [0.5, 0.6) is 0 Å². The first kappa shape index (κ1) is 15.2. The molecule has 0 amide bonds. The van der Waals surface area contributed by atoms with Crippen LogP contribution < -0.4 is 0 Å². The highest BCUT2D eigenvalue weighted by molar-refractivity contribution is 6.06. The van der Waals surface area contributed by atoms with E-state index in [0.29, 0.717) is 22.9 Å². The SMILES string of the molecule is Fc1ccc2oc3ccc(-c4noc(-c5ccc6[nH]ccc6c5)n4)cc3c2c1. The molecule has 6 aromatic rings. The number of hydrogen-bond acceptors (Lipinski definition) is 4. The molecule has 0 aliphatic heterocycles. The Morgan fingerprint density at radius 1 is 0.821 bits per heavy atom. The molecule has 28 heavy (non-hydrogen) atoms. The van der Waals surface area contributed by atoms with E-state index in [-0.39, 0.29) is 5.82 Å². The van der Waals surface area contributed by atoms with Crippen molar-refractivity contribution in [3.63, 3.8) is 0 Å². The normalized spacial score (nSPS) is 11.8. The first-order valence-corrected chi connectivity index (χ1v) is 8.78. The van der Waals surface area contributed by atoms with Crippen LogP contribution in [0, 0.1) is 5.82 Å². The maximum Gasteiger partial charge on any atom is 0.258 e. The molecular weight excluding hydrogens is 357 g/mol. The highest BCUT2D eigenvalue weighted by Gasteiger charge is 2.14. The van der Waals surface area contributed by atoms with E-state index in [9.17, 15) is 4.39 Å². The summed E-state index contributed by atoms with van der Waals surface area (Å²) in [6.45, 7) is 0. The summed E-state index contributed by atoms with van der Waals surface area (Å²) in [6, 6.07) is 18.0. The lowest BCUT2D eigenvalue weighted by Crippen LogP contribution is -1.82.